The van der Waals surface area contributed by atoms with Gasteiger partial charge in [-0.3, -0.25) is 9.59 Å². The fraction of sp³-hybridized carbons (Fsp3) is 0.286. The van der Waals surface area contributed by atoms with Crippen LogP contribution in [-0.2, 0) is 4.79 Å². The van der Waals surface area contributed by atoms with Crippen LogP contribution in [0, 0.1) is 11.7 Å². The lowest BCUT2D eigenvalue weighted by Gasteiger charge is -2.13. The first-order valence-corrected chi connectivity index (χ1v) is 5.84. The van der Waals surface area contributed by atoms with Gasteiger partial charge in [-0.05, 0) is 38.0 Å². The zero-order valence-electron chi connectivity index (χ0n) is 10.1. The molecule has 4 heteroatoms. The summed E-state index contributed by atoms with van der Waals surface area (Å²) in [5.74, 6) is -0.962. The van der Waals surface area contributed by atoms with Gasteiger partial charge in [0.1, 0.15) is 5.82 Å². The number of nitrogens with one attached hydrogen (secondary N) is 1. The van der Waals surface area contributed by atoms with Crippen LogP contribution in [0.1, 0.15) is 30.1 Å². The second kappa shape index (κ2) is 5.12. The number of carbonyl (C=O) groups excluding carboxylic acids is 2. The Labute approximate surface area is 105 Å². The van der Waals surface area contributed by atoms with Gasteiger partial charge in [0, 0.05) is 11.5 Å². The van der Waals surface area contributed by atoms with Crippen LogP contribution in [0.5, 0.6) is 0 Å². The van der Waals surface area contributed by atoms with Crippen molar-refractivity contribution < 1.29 is 14.0 Å². The molecule has 0 fully saturated rings. The fourth-order valence-corrected chi connectivity index (χ4v) is 1.99. The topological polar surface area (TPSA) is 46.2 Å². The molecule has 3 nitrogen and oxygen atoms in total. The number of allylic oxidation sites excluding steroid dienone is 2. The van der Waals surface area contributed by atoms with E-state index in [9.17, 15) is 14.0 Å². The molecule has 1 aromatic rings. The zero-order chi connectivity index (χ0) is 13.1. The highest BCUT2D eigenvalue weighted by Crippen LogP contribution is 2.23. The van der Waals surface area contributed by atoms with Gasteiger partial charge in [-0.15, -0.1) is 0 Å². The Balaban J connectivity index is 2.19. The molecule has 2 rings (SSSR count). The highest BCUT2D eigenvalue weighted by molar-refractivity contribution is 6.04. The molecule has 1 aromatic carbocycles. The van der Waals surface area contributed by atoms with E-state index in [-0.39, 0.29) is 23.3 Å². The van der Waals surface area contributed by atoms with E-state index in [1.807, 2.05) is 12.2 Å². The number of rotatable bonds is 3. The van der Waals surface area contributed by atoms with E-state index in [0.29, 0.717) is 18.4 Å². The smallest absolute Gasteiger partial charge is 0.228 e. The molecule has 0 aromatic heterocycles. The van der Waals surface area contributed by atoms with Crippen LogP contribution in [0.25, 0.3) is 0 Å². The summed E-state index contributed by atoms with van der Waals surface area (Å²) in [5.41, 5.74) is 0.579. The van der Waals surface area contributed by atoms with Gasteiger partial charge in [0.15, 0.2) is 5.78 Å². The Morgan fingerprint density at radius 2 is 1.94 bits per heavy atom. The van der Waals surface area contributed by atoms with Gasteiger partial charge in [0.05, 0.1) is 5.69 Å². The number of halogens is 1. The van der Waals surface area contributed by atoms with Crippen molar-refractivity contribution in [1.29, 1.82) is 0 Å². The lowest BCUT2D eigenvalue weighted by molar-refractivity contribution is -0.119. The van der Waals surface area contributed by atoms with E-state index in [4.69, 9.17) is 0 Å². The summed E-state index contributed by atoms with van der Waals surface area (Å²) >= 11 is 0. The van der Waals surface area contributed by atoms with Crippen molar-refractivity contribution in [3.05, 3.63) is 41.7 Å². The minimum absolute atomic E-state index is 0.118. The van der Waals surface area contributed by atoms with E-state index in [0.717, 1.165) is 0 Å². The number of hydrogen-bond donors (Lipinski definition) is 1. The van der Waals surface area contributed by atoms with Crippen molar-refractivity contribution in [2.24, 2.45) is 5.92 Å². The zero-order valence-corrected chi connectivity index (χ0v) is 10.1. The van der Waals surface area contributed by atoms with Crippen molar-refractivity contribution in [3.63, 3.8) is 0 Å². The molecule has 1 aliphatic rings. The standard InChI is InChI=1S/C14H14FNO2/c1-9(17)12-7-6-11(15)8-13(12)16-14(18)10-4-2-3-5-10/h2-3,6-8,10H,4-5H2,1H3,(H,16,18). The van der Waals surface area contributed by atoms with Gasteiger partial charge >= 0.3 is 0 Å². The van der Waals surface area contributed by atoms with Gasteiger partial charge in [-0.25, -0.2) is 4.39 Å². The summed E-state index contributed by atoms with van der Waals surface area (Å²) in [5, 5.41) is 2.63. The predicted octanol–water partition coefficient (Wildman–Crippen LogP) is 2.93. The van der Waals surface area contributed by atoms with Crippen molar-refractivity contribution in [2.75, 3.05) is 5.32 Å². The average molecular weight is 247 g/mol. The first kappa shape index (κ1) is 12.5. The number of benzene rings is 1. The summed E-state index contributed by atoms with van der Waals surface area (Å²) in [4.78, 5) is 23.3. The van der Waals surface area contributed by atoms with Crippen LogP contribution in [0.3, 0.4) is 0 Å². The van der Waals surface area contributed by atoms with Crippen LogP contribution in [0.4, 0.5) is 10.1 Å². The predicted molar refractivity (Wildman–Crippen MR) is 66.9 cm³/mol. The summed E-state index contributed by atoms with van der Waals surface area (Å²) in [7, 11) is 0. The number of hydrogen-bond acceptors (Lipinski definition) is 2. The molecule has 18 heavy (non-hydrogen) atoms. The highest BCUT2D eigenvalue weighted by atomic mass is 19.1. The maximum atomic E-state index is 13.2. The van der Waals surface area contributed by atoms with Crippen LogP contribution < -0.4 is 5.32 Å². The average Bonchev–Trinajstić information content (AvgIpc) is 2.81. The second-order valence-electron chi connectivity index (χ2n) is 4.38. The molecule has 0 bridgehead atoms. The van der Waals surface area contributed by atoms with E-state index in [2.05, 4.69) is 5.32 Å². The van der Waals surface area contributed by atoms with Crippen molar-refractivity contribution >= 4 is 17.4 Å². The molecule has 0 heterocycles. The molecule has 0 aliphatic heterocycles. The Hall–Kier alpha value is -1.97. The second-order valence-corrected chi connectivity index (χ2v) is 4.38. The Morgan fingerprint density at radius 3 is 2.56 bits per heavy atom. The molecular weight excluding hydrogens is 233 g/mol. The van der Waals surface area contributed by atoms with Gasteiger partial charge in [0.2, 0.25) is 5.91 Å². The molecule has 0 atom stereocenters. The number of Topliss-reactive ketones (excluding diaryl/α,β-unsaturated/α-hetero) is 1. The Morgan fingerprint density at radius 1 is 1.28 bits per heavy atom. The lowest BCUT2D eigenvalue weighted by Crippen LogP contribution is -2.21. The third-order valence-corrected chi connectivity index (χ3v) is 3.00. The third kappa shape index (κ3) is 2.64. The summed E-state index contributed by atoms with van der Waals surface area (Å²) in [6.07, 6.45) is 5.27. The minimum Gasteiger partial charge on any atom is -0.325 e. The van der Waals surface area contributed by atoms with Gasteiger partial charge in [-0.1, -0.05) is 12.2 Å². The Kier molecular flexibility index (Phi) is 3.55. The molecule has 0 saturated carbocycles. The lowest BCUT2D eigenvalue weighted by atomic mass is 10.0. The van der Waals surface area contributed by atoms with Crippen LogP contribution in [0.2, 0.25) is 0 Å². The summed E-state index contributed by atoms with van der Waals surface area (Å²) in [6.45, 7) is 1.39. The van der Waals surface area contributed by atoms with E-state index >= 15 is 0 Å². The molecule has 1 N–H and O–H groups in total. The maximum absolute atomic E-state index is 13.2. The molecule has 0 spiro atoms. The SMILES string of the molecule is CC(=O)c1ccc(F)cc1NC(=O)C1CC=CC1. The summed E-state index contributed by atoms with van der Waals surface area (Å²) in [6, 6.07) is 3.78. The van der Waals surface area contributed by atoms with Gasteiger partial charge in [-0.2, -0.15) is 0 Å². The largest absolute Gasteiger partial charge is 0.325 e. The number of carbonyl (C=O) groups is 2. The fourth-order valence-electron chi connectivity index (χ4n) is 1.99. The highest BCUT2D eigenvalue weighted by Gasteiger charge is 2.20. The number of anilines is 1. The minimum atomic E-state index is -0.472. The third-order valence-electron chi connectivity index (χ3n) is 3.00. The molecule has 0 saturated heterocycles. The normalized spacial score (nSPS) is 14.8. The quantitative estimate of drug-likeness (QED) is 0.659. The Bertz CT molecular complexity index is 515. The molecule has 1 aliphatic carbocycles. The van der Waals surface area contributed by atoms with Crippen molar-refractivity contribution in [1.82, 2.24) is 0 Å². The van der Waals surface area contributed by atoms with Crippen molar-refractivity contribution in [2.45, 2.75) is 19.8 Å². The van der Waals surface area contributed by atoms with E-state index in [1.54, 1.807) is 0 Å². The van der Waals surface area contributed by atoms with Crippen molar-refractivity contribution in [3.8, 4) is 0 Å². The number of amides is 1. The van der Waals surface area contributed by atoms with Gasteiger partial charge in [0.25, 0.3) is 0 Å². The maximum Gasteiger partial charge on any atom is 0.228 e. The molecule has 0 radical (unpaired) electrons. The first-order valence-electron chi connectivity index (χ1n) is 5.84. The molecular formula is C14H14FNO2. The van der Waals surface area contributed by atoms with E-state index < -0.39 is 5.82 Å². The van der Waals surface area contributed by atoms with Crippen LogP contribution in [-0.4, -0.2) is 11.7 Å². The van der Waals surface area contributed by atoms with Gasteiger partial charge < -0.3 is 5.32 Å². The van der Waals surface area contributed by atoms with E-state index in [1.165, 1.54) is 25.1 Å². The van der Waals surface area contributed by atoms with Crippen LogP contribution in [0.15, 0.2) is 30.4 Å². The first-order chi connectivity index (χ1) is 8.58. The number of ketones is 1. The molecule has 1 amide bonds. The summed E-state index contributed by atoms with van der Waals surface area (Å²) < 4.78 is 13.2. The monoisotopic (exact) mass is 247 g/mol. The molecule has 94 valence electrons. The molecule has 0 unspecified atom stereocenters. The van der Waals surface area contributed by atoms with Crippen LogP contribution >= 0.6 is 0 Å².